The van der Waals surface area contributed by atoms with Crippen LogP contribution in [0, 0.1) is 0 Å². The lowest BCUT2D eigenvalue weighted by molar-refractivity contribution is 0.153. The van der Waals surface area contributed by atoms with Crippen molar-refractivity contribution in [3.63, 3.8) is 0 Å². The van der Waals surface area contributed by atoms with Crippen molar-refractivity contribution < 1.29 is 5.11 Å². The summed E-state index contributed by atoms with van der Waals surface area (Å²) < 4.78 is 0. The van der Waals surface area contributed by atoms with Crippen LogP contribution in [0.5, 0.6) is 0 Å². The molecule has 13 heavy (non-hydrogen) atoms. The predicted octanol–water partition coefficient (Wildman–Crippen LogP) is 0.894. The van der Waals surface area contributed by atoms with E-state index in [0.29, 0.717) is 0 Å². The topological polar surface area (TPSA) is 36.4 Å². The predicted molar refractivity (Wildman–Crippen MR) is 52.3 cm³/mol. The fourth-order valence-electron chi connectivity index (χ4n) is 1.04. The third-order valence-corrected chi connectivity index (χ3v) is 2.15. The molecule has 1 unspecified atom stereocenters. The second-order valence-corrected chi connectivity index (χ2v) is 3.27. The molecule has 0 aliphatic carbocycles. The number of likely N-dealkylation sites (N-methyl/N-ethyl adjacent to an activating group) is 1. The van der Waals surface area contributed by atoms with Gasteiger partial charge in [-0.05, 0) is 26.1 Å². The third kappa shape index (κ3) is 3.13. The number of pyridine rings is 1. The molecule has 1 N–H and O–H groups in total. The minimum Gasteiger partial charge on any atom is -0.395 e. The Balaban J connectivity index is 2.50. The largest absolute Gasteiger partial charge is 0.395 e. The molecule has 3 heteroatoms. The molecule has 0 saturated heterocycles. The summed E-state index contributed by atoms with van der Waals surface area (Å²) in [5.41, 5.74) is 1.03. The van der Waals surface area contributed by atoms with Crippen LogP contribution in [-0.2, 0) is 6.54 Å². The van der Waals surface area contributed by atoms with Crippen LogP contribution in [-0.4, -0.2) is 34.7 Å². The molecule has 0 aromatic carbocycles. The van der Waals surface area contributed by atoms with Crippen molar-refractivity contribution in [2.45, 2.75) is 19.5 Å². The van der Waals surface area contributed by atoms with Crippen LogP contribution in [0.2, 0.25) is 0 Å². The first-order chi connectivity index (χ1) is 6.24. The van der Waals surface area contributed by atoms with Gasteiger partial charge < -0.3 is 5.11 Å². The van der Waals surface area contributed by atoms with Crippen LogP contribution >= 0.6 is 0 Å². The molecule has 0 fully saturated rings. The molecule has 1 rings (SSSR count). The van der Waals surface area contributed by atoms with E-state index in [1.54, 1.807) is 6.20 Å². The molecule has 1 aromatic heterocycles. The van der Waals surface area contributed by atoms with Gasteiger partial charge in [0.1, 0.15) is 0 Å². The summed E-state index contributed by atoms with van der Waals surface area (Å²) in [5, 5.41) is 8.92. The molecule has 0 aliphatic rings. The molecule has 1 atom stereocenters. The lowest BCUT2D eigenvalue weighted by atomic mass is 10.3. The average Bonchev–Trinajstić information content (AvgIpc) is 2.18. The Morgan fingerprint density at radius 2 is 2.31 bits per heavy atom. The number of nitrogens with zero attached hydrogens (tertiary/aromatic N) is 2. The van der Waals surface area contributed by atoms with E-state index in [0.717, 1.165) is 12.2 Å². The van der Waals surface area contributed by atoms with Crippen LogP contribution in [0.3, 0.4) is 0 Å². The SMILES string of the molecule is CC(CO)N(C)Cc1ccccn1. The smallest absolute Gasteiger partial charge is 0.0584 e. The molecule has 72 valence electrons. The Morgan fingerprint density at radius 1 is 1.54 bits per heavy atom. The lowest BCUT2D eigenvalue weighted by Gasteiger charge is -2.21. The van der Waals surface area contributed by atoms with Gasteiger partial charge in [-0.25, -0.2) is 0 Å². The molecule has 0 bridgehead atoms. The van der Waals surface area contributed by atoms with E-state index in [-0.39, 0.29) is 12.6 Å². The van der Waals surface area contributed by atoms with E-state index in [1.807, 2.05) is 32.2 Å². The summed E-state index contributed by atoms with van der Waals surface area (Å²) in [4.78, 5) is 6.28. The van der Waals surface area contributed by atoms with Crippen LogP contribution < -0.4 is 0 Å². The zero-order valence-corrected chi connectivity index (χ0v) is 8.14. The van der Waals surface area contributed by atoms with Gasteiger partial charge in [-0.3, -0.25) is 9.88 Å². The number of aliphatic hydroxyl groups is 1. The summed E-state index contributed by atoms with van der Waals surface area (Å²) in [6.45, 7) is 2.95. The van der Waals surface area contributed by atoms with E-state index < -0.39 is 0 Å². The van der Waals surface area contributed by atoms with Crippen molar-refractivity contribution in [2.75, 3.05) is 13.7 Å². The average molecular weight is 180 g/mol. The van der Waals surface area contributed by atoms with Gasteiger partial charge in [-0.2, -0.15) is 0 Å². The van der Waals surface area contributed by atoms with E-state index in [1.165, 1.54) is 0 Å². The standard InChI is InChI=1S/C10H16N2O/c1-9(8-13)12(2)7-10-5-3-4-6-11-10/h3-6,9,13H,7-8H2,1-2H3. The van der Waals surface area contributed by atoms with Gasteiger partial charge in [0.05, 0.1) is 12.3 Å². The van der Waals surface area contributed by atoms with Crippen molar-refractivity contribution in [2.24, 2.45) is 0 Å². The molecule has 0 radical (unpaired) electrons. The minimum atomic E-state index is 0.182. The van der Waals surface area contributed by atoms with Gasteiger partial charge in [0.15, 0.2) is 0 Å². The maximum absolute atomic E-state index is 8.92. The van der Waals surface area contributed by atoms with Gasteiger partial charge in [-0.1, -0.05) is 6.07 Å². The van der Waals surface area contributed by atoms with Crippen molar-refractivity contribution in [3.8, 4) is 0 Å². The minimum absolute atomic E-state index is 0.182. The van der Waals surface area contributed by atoms with Crippen molar-refractivity contribution in [1.82, 2.24) is 9.88 Å². The highest BCUT2D eigenvalue weighted by Crippen LogP contribution is 2.02. The van der Waals surface area contributed by atoms with Crippen LogP contribution in [0.1, 0.15) is 12.6 Å². The summed E-state index contributed by atoms with van der Waals surface area (Å²) in [5.74, 6) is 0. The van der Waals surface area contributed by atoms with Crippen molar-refractivity contribution in [1.29, 1.82) is 0 Å². The van der Waals surface area contributed by atoms with E-state index in [9.17, 15) is 0 Å². The molecular weight excluding hydrogens is 164 g/mol. The summed E-state index contributed by atoms with van der Waals surface area (Å²) >= 11 is 0. The van der Waals surface area contributed by atoms with E-state index in [4.69, 9.17) is 5.11 Å². The van der Waals surface area contributed by atoms with Crippen LogP contribution in [0.15, 0.2) is 24.4 Å². The Kier molecular flexibility index (Phi) is 3.86. The zero-order chi connectivity index (χ0) is 9.68. The van der Waals surface area contributed by atoms with Crippen molar-refractivity contribution >= 4 is 0 Å². The highest BCUT2D eigenvalue weighted by molar-refractivity contribution is 5.03. The Hall–Kier alpha value is -0.930. The van der Waals surface area contributed by atoms with E-state index in [2.05, 4.69) is 9.88 Å². The Morgan fingerprint density at radius 3 is 2.85 bits per heavy atom. The number of aromatic nitrogens is 1. The normalized spacial score (nSPS) is 13.2. The summed E-state index contributed by atoms with van der Waals surface area (Å²) in [6, 6.07) is 6.04. The monoisotopic (exact) mass is 180 g/mol. The number of hydrogen-bond donors (Lipinski definition) is 1. The highest BCUT2D eigenvalue weighted by Gasteiger charge is 2.07. The first-order valence-electron chi connectivity index (χ1n) is 4.45. The molecule has 3 nitrogen and oxygen atoms in total. The maximum Gasteiger partial charge on any atom is 0.0584 e. The molecule has 1 heterocycles. The second-order valence-electron chi connectivity index (χ2n) is 3.27. The Bertz CT molecular complexity index is 238. The zero-order valence-electron chi connectivity index (χ0n) is 8.14. The molecule has 0 aliphatic heterocycles. The van der Waals surface area contributed by atoms with Crippen LogP contribution in [0.25, 0.3) is 0 Å². The van der Waals surface area contributed by atoms with Gasteiger partial charge >= 0.3 is 0 Å². The summed E-state index contributed by atoms with van der Waals surface area (Å²) in [7, 11) is 1.98. The number of hydrogen-bond acceptors (Lipinski definition) is 3. The molecule has 1 aromatic rings. The van der Waals surface area contributed by atoms with Crippen LogP contribution in [0.4, 0.5) is 0 Å². The second kappa shape index (κ2) is 4.94. The van der Waals surface area contributed by atoms with Crippen molar-refractivity contribution in [3.05, 3.63) is 30.1 Å². The fourth-order valence-corrected chi connectivity index (χ4v) is 1.04. The molecular formula is C10H16N2O. The first kappa shape index (κ1) is 10.2. The Labute approximate surface area is 79.0 Å². The first-order valence-corrected chi connectivity index (χ1v) is 4.45. The molecule has 0 amide bonds. The van der Waals surface area contributed by atoms with Gasteiger partial charge in [0.25, 0.3) is 0 Å². The molecule has 0 spiro atoms. The third-order valence-electron chi connectivity index (χ3n) is 2.15. The molecule has 0 saturated carbocycles. The van der Waals surface area contributed by atoms with E-state index >= 15 is 0 Å². The maximum atomic E-state index is 8.92. The van der Waals surface area contributed by atoms with Gasteiger partial charge in [-0.15, -0.1) is 0 Å². The highest BCUT2D eigenvalue weighted by atomic mass is 16.3. The fraction of sp³-hybridized carbons (Fsp3) is 0.500. The van der Waals surface area contributed by atoms with Gasteiger partial charge in [0, 0.05) is 18.8 Å². The lowest BCUT2D eigenvalue weighted by Crippen LogP contribution is -2.31. The number of aliphatic hydroxyl groups excluding tert-OH is 1. The summed E-state index contributed by atoms with van der Waals surface area (Å²) in [6.07, 6.45) is 1.78. The van der Waals surface area contributed by atoms with Gasteiger partial charge in [0.2, 0.25) is 0 Å². The quantitative estimate of drug-likeness (QED) is 0.747. The number of rotatable bonds is 4.